The van der Waals surface area contributed by atoms with E-state index in [0.29, 0.717) is 19.1 Å². The number of rotatable bonds is 8. The van der Waals surface area contributed by atoms with Crippen LogP contribution in [-0.4, -0.2) is 36.0 Å². The molecule has 19 heavy (non-hydrogen) atoms. The van der Waals surface area contributed by atoms with Crippen molar-refractivity contribution in [3.63, 3.8) is 0 Å². The molecule has 2 fully saturated rings. The summed E-state index contributed by atoms with van der Waals surface area (Å²) in [6.07, 6.45) is 11.9. The lowest BCUT2D eigenvalue weighted by atomic mass is 10.0. The monoisotopic (exact) mass is 270 g/mol. The minimum Gasteiger partial charge on any atom is -0.479 e. The predicted octanol–water partition coefficient (Wildman–Crippen LogP) is 3.14. The second-order valence-electron chi connectivity index (χ2n) is 5.88. The number of unbranched alkanes of at least 4 members (excludes halogenated alkanes) is 2. The number of hydrogen-bond donors (Lipinski definition) is 1. The lowest BCUT2D eigenvalue weighted by Crippen LogP contribution is -2.23. The highest BCUT2D eigenvalue weighted by atomic mass is 16.6. The lowest BCUT2D eigenvalue weighted by Gasteiger charge is -2.15. The molecule has 1 aliphatic carbocycles. The highest BCUT2D eigenvalue weighted by molar-refractivity contribution is 5.80. The van der Waals surface area contributed by atoms with Gasteiger partial charge in [0.2, 0.25) is 0 Å². The fraction of sp³-hybridized carbons (Fsp3) is 0.933. The van der Waals surface area contributed by atoms with Crippen LogP contribution < -0.4 is 0 Å². The summed E-state index contributed by atoms with van der Waals surface area (Å²) in [5.41, 5.74) is -0.831. The van der Waals surface area contributed by atoms with E-state index in [1.54, 1.807) is 0 Å². The summed E-state index contributed by atoms with van der Waals surface area (Å²) in [5, 5.41) is 8.95. The van der Waals surface area contributed by atoms with Crippen molar-refractivity contribution in [3.05, 3.63) is 0 Å². The number of carbonyl (C=O) groups is 1. The molecule has 1 aliphatic heterocycles. The van der Waals surface area contributed by atoms with Crippen molar-refractivity contribution in [2.75, 3.05) is 13.2 Å². The van der Waals surface area contributed by atoms with Gasteiger partial charge in [0.25, 0.3) is 0 Å². The number of aliphatic carboxylic acids is 1. The number of hydrogen-bond acceptors (Lipinski definition) is 3. The molecule has 1 N–H and O–H groups in total. The van der Waals surface area contributed by atoms with E-state index in [1.807, 2.05) is 0 Å². The molecule has 0 amide bonds. The van der Waals surface area contributed by atoms with Crippen molar-refractivity contribution < 1.29 is 19.4 Å². The zero-order chi connectivity index (χ0) is 13.6. The minimum atomic E-state index is -0.831. The van der Waals surface area contributed by atoms with Gasteiger partial charge in [-0.15, -0.1) is 0 Å². The average molecular weight is 270 g/mol. The van der Waals surface area contributed by atoms with Crippen LogP contribution in [0.1, 0.15) is 64.2 Å². The van der Waals surface area contributed by atoms with E-state index in [4.69, 9.17) is 14.6 Å². The molecule has 1 atom stereocenters. The zero-order valence-corrected chi connectivity index (χ0v) is 11.7. The second kappa shape index (κ2) is 7.25. The summed E-state index contributed by atoms with van der Waals surface area (Å²) in [7, 11) is 0. The molecule has 1 unspecified atom stereocenters. The summed E-state index contributed by atoms with van der Waals surface area (Å²) in [6.45, 7) is 1.21. The lowest BCUT2D eigenvalue weighted by molar-refractivity contribution is -0.143. The third-order valence-electron chi connectivity index (χ3n) is 4.26. The van der Waals surface area contributed by atoms with Crippen molar-refractivity contribution >= 4 is 5.97 Å². The van der Waals surface area contributed by atoms with Gasteiger partial charge in [-0.2, -0.15) is 0 Å². The van der Waals surface area contributed by atoms with Gasteiger partial charge >= 0.3 is 5.97 Å². The van der Waals surface area contributed by atoms with E-state index >= 15 is 0 Å². The molecule has 0 aromatic rings. The van der Waals surface area contributed by atoms with Crippen LogP contribution in [0, 0.1) is 0 Å². The molecule has 4 heteroatoms. The topological polar surface area (TPSA) is 59.1 Å². The Hall–Kier alpha value is -0.610. The van der Waals surface area contributed by atoms with Gasteiger partial charge in [0.05, 0.1) is 12.7 Å². The van der Waals surface area contributed by atoms with Gasteiger partial charge in [-0.05, 0) is 32.1 Å². The van der Waals surface area contributed by atoms with Gasteiger partial charge in [-0.25, -0.2) is 4.79 Å². The summed E-state index contributed by atoms with van der Waals surface area (Å²) in [5.74, 6) is -0.804. The van der Waals surface area contributed by atoms with Crippen molar-refractivity contribution in [1.29, 1.82) is 0 Å². The Bertz CT molecular complexity index is 278. The molecule has 1 heterocycles. The fourth-order valence-corrected chi connectivity index (χ4v) is 2.81. The highest BCUT2D eigenvalue weighted by Gasteiger charge is 2.51. The van der Waals surface area contributed by atoms with Gasteiger partial charge in [-0.1, -0.05) is 32.1 Å². The molecule has 2 rings (SSSR count). The van der Waals surface area contributed by atoms with Gasteiger partial charge in [0.15, 0.2) is 5.60 Å². The molecule has 0 spiro atoms. The maximum absolute atomic E-state index is 10.9. The third-order valence-corrected chi connectivity index (χ3v) is 4.26. The van der Waals surface area contributed by atoms with E-state index in [9.17, 15) is 4.79 Å². The van der Waals surface area contributed by atoms with Crippen molar-refractivity contribution in [1.82, 2.24) is 0 Å². The van der Waals surface area contributed by atoms with Gasteiger partial charge in [-0.3, -0.25) is 0 Å². The maximum Gasteiger partial charge on any atom is 0.338 e. The summed E-state index contributed by atoms with van der Waals surface area (Å²) in [4.78, 5) is 10.9. The first-order chi connectivity index (χ1) is 9.23. The largest absolute Gasteiger partial charge is 0.479 e. The van der Waals surface area contributed by atoms with Crippen molar-refractivity contribution in [2.45, 2.75) is 75.9 Å². The molecule has 1 saturated heterocycles. The maximum atomic E-state index is 10.9. The molecule has 0 aromatic heterocycles. The van der Waals surface area contributed by atoms with Crippen molar-refractivity contribution in [3.8, 4) is 0 Å². The summed E-state index contributed by atoms with van der Waals surface area (Å²) in [6, 6.07) is 0. The van der Waals surface area contributed by atoms with Crippen LogP contribution >= 0.6 is 0 Å². The molecule has 0 bridgehead atoms. The Morgan fingerprint density at radius 3 is 2.42 bits per heavy atom. The zero-order valence-electron chi connectivity index (χ0n) is 11.7. The smallest absolute Gasteiger partial charge is 0.338 e. The van der Waals surface area contributed by atoms with Crippen LogP contribution in [-0.2, 0) is 14.3 Å². The molecule has 4 nitrogen and oxygen atoms in total. The van der Waals surface area contributed by atoms with E-state index in [1.165, 1.54) is 38.5 Å². The molecule has 1 saturated carbocycles. The molecule has 0 aromatic carbocycles. The SMILES string of the molecule is O=C(O)C1(CCCCCOC2CCCCCC2)CO1. The normalized spacial score (nSPS) is 28.0. The molecule has 110 valence electrons. The first-order valence-corrected chi connectivity index (χ1v) is 7.72. The Balaban J connectivity index is 1.47. The Labute approximate surface area is 115 Å². The first kappa shape index (κ1) is 14.8. The Morgan fingerprint density at radius 1 is 1.16 bits per heavy atom. The van der Waals surface area contributed by atoms with E-state index in [-0.39, 0.29) is 0 Å². The Kier molecular flexibility index (Phi) is 5.64. The molecular formula is C15H26O4. The fourth-order valence-electron chi connectivity index (χ4n) is 2.81. The highest BCUT2D eigenvalue weighted by Crippen LogP contribution is 2.33. The first-order valence-electron chi connectivity index (χ1n) is 7.72. The van der Waals surface area contributed by atoms with Crippen LogP contribution in [0.4, 0.5) is 0 Å². The Morgan fingerprint density at radius 2 is 1.84 bits per heavy atom. The number of carboxylic acids is 1. The molecule has 0 radical (unpaired) electrons. The van der Waals surface area contributed by atoms with E-state index < -0.39 is 11.6 Å². The number of epoxide rings is 1. The molecular weight excluding hydrogens is 244 g/mol. The number of carboxylic acid groups (broad SMARTS) is 1. The van der Waals surface area contributed by atoms with Gasteiger partial charge in [0.1, 0.15) is 0 Å². The van der Waals surface area contributed by atoms with Crippen LogP contribution in [0.2, 0.25) is 0 Å². The predicted molar refractivity (Wildman–Crippen MR) is 72.2 cm³/mol. The average Bonchev–Trinajstić information content (AvgIpc) is 3.19. The van der Waals surface area contributed by atoms with Crippen LogP contribution in [0.15, 0.2) is 0 Å². The number of ether oxygens (including phenoxy) is 2. The van der Waals surface area contributed by atoms with E-state index in [0.717, 1.165) is 25.9 Å². The van der Waals surface area contributed by atoms with Gasteiger partial charge in [0, 0.05) is 6.61 Å². The van der Waals surface area contributed by atoms with Crippen LogP contribution in [0.5, 0.6) is 0 Å². The van der Waals surface area contributed by atoms with Gasteiger partial charge < -0.3 is 14.6 Å². The van der Waals surface area contributed by atoms with Crippen LogP contribution in [0.3, 0.4) is 0 Å². The third kappa shape index (κ3) is 4.77. The summed E-state index contributed by atoms with van der Waals surface area (Å²) >= 11 is 0. The second-order valence-corrected chi connectivity index (χ2v) is 5.88. The van der Waals surface area contributed by atoms with Crippen molar-refractivity contribution in [2.24, 2.45) is 0 Å². The van der Waals surface area contributed by atoms with Crippen LogP contribution in [0.25, 0.3) is 0 Å². The quantitative estimate of drug-likeness (QED) is 0.418. The summed E-state index contributed by atoms with van der Waals surface area (Å²) < 4.78 is 11.0. The standard InChI is InChI=1S/C15H26O4/c16-14(17)15(12-19-15)10-6-3-7-11-18-13-8-4-1-2-5-9-13/h13H,1-12H2,(H,16,17). The minimum absolute atomic E-state index is 0.390. The molecule has 2 aliphatic rings. The van der Waals surface area contributed by atoms with E-state index in [2.05, 4.69) is 0 Å².